The lowest BCUT2D eigenvalue weighted by Crippen LogP contribution is -2.29. The first kappa shape index (κ1) is 53.8. The Bertz CT molecular complexity index is 1090. The molecule has 0 saturated carbocycles. The molecule has 0 aromatic rings. The number of hydrogen-bond acceptors (Lipinski definition) is 6. The lowest BCUT2D eigenvalue weighted by molar-refractivity contribution is -0.161. The van der Waals surface area contributed by atoms with E-state index in [4.69, 9.17) is 19.3 Å². The highest BCUT2D eigenvalue weighted by molar-refractivity contribution is 7.46. The molecular weight excluding hydrogens is 723 g/mol. The molecule has 0 bridgehead atoms. The highest BCUT2D eigenvalue weighted by Gasteiger charge is 2.22. The molecule has 1 atom stereocenters. The van der Waals surface area contributed by atoms with E-state index in [1.165, 1.54) is 128 Å². The lowest BCUT2D eigenvalue weighted by atomic mass is 10.0. The van der Waals surface area contributed by atoms with Gasteiger partial charge >= 0.3 is 19.8 Å². The van der Waals surface area contributed by atoms with Crippen LogP contribution in [0.15, 0.2) is 60.8 Å². The molecule has 0 aliphatic carbocycles. The topological polar surface area (TPSA) is 119 Å². The van der Waals surface area contributed by atoms with Gasteiger partial charge in [0.1, 0.15) is 6.61 Å². The molecule has 0 radical (unpaired) electrons. The second-order valence-electron chi connectivity index (χ2n) is 15.0. The molecule has 0 rings (SSSR count). The molecule has 0 aliphatic rings. The highest BCUT2D eigenvalue weighted by atomic mass is 31.2. The zero-order valence-electron chi connectivity index (χ0n) is 35.8. The summed E-state index contributed by atoms with van der Waals surface area (Å²) in [6, 6.07) is 0. The maximum absolute atomic E-state index is 12.4. The Kier molecular flexibility index (Phi) is 40.7. The molecule has 56 heavy (non-hydrogen) atoms. The number of esters is 2. The summed E-state index contributed by atoms with van der Waals surface area (Å²) in [6.07, 6.45) is 53.9. The van der Waals surface area contributed by atoms with Crippen molar-refractivity contribution in [2.24, 2.45) is 0 Å². The van der Waals surface area contributed by atoms with Crippen molar-refractivity contribution >= 4 is 19.8 Å². The summed E-state index contributed by atoms with van der Waals surface area (Å²) in [6.45, 7) is 3.61. The van der Waals surface area contributed by atoms with Crippen LogP contribution in [0.5, 0.6) is 0 Å². The summed E-state index contributed by atoms with van der Waals surface area (Å²) in [5.74, 6) is -0.976. The third kappa shape index (κ3) is 44.5. The molecule has 2 N–H and O–H groups in total. The van der Waals surface area contributed by atoms with E-state index in [1.54, 1.807) is 0 Å². The Morgan fingerprint density at radius 3 is 1.27 bits per heavy atom. The maximum atomic E-state index is 12.4. The van der Waals surface area contributed by atoms with Crippen LogP contribution in [0.25, 0.3) is 0 Å². The van der Waals surface area contributed by atoms with E-state index in [9.17, 15) is 14.2 Å². The maximum Gasteiger partial charge on any atom is 0.469 e. The van der Waals surface area contributed by atoms with E-state index in [2.05, 4.69) is 67.0 Å². The van der Waals surface area contributed by atoms with Gasteiger partial charge in [-0.2, -0.15) is 0 Å². The minimum atomic E-state index is -4.78. The molecule has 0 saturated heterocycles. The van der Waals surface area contributed by atoms with Crippen molar-refractivity contribution in [1.82, 2.24) is 0 Å². The van der Waals surface area contributed by atoms with Crippen molar-refractivity contribution in [3.05, 3.63) is 60.8 Å². The minimum Gasteiger partial charge on any atom is -0.462 e. The van der Waals surface area contributed by atoms with E-state index < -0.39 is 32.5 Å². The fourth-order valence-electron chi connectivity index (χ4n) is 6.18. The SMILES string of the molecule is CCCCC/C=C\C/C=C\C/C=C\C/C=C\C/C=C\CCC(=O)O[C@H](COC(=O)CCCCCCCCCCCCCCCCCCCCC)COP(=O)(O)O. The number of carbonyl (C=O) groups excluding carboxylic acids is 2. The summed E-state index contributed by atoms with van der Waals surface area (Å²) in [7, 11) is -4.78. The number of allylic oxidation sites excluding steroid dienone is 10. The van der Waals surface area contributed by atoms with E-state index in [0.717, 1.165) is 38.5 Å². The first-order valence-corrected chi connectivity index (χ1v) is 24.1. The molecule has 0 aromatic heterocycles. The van der Waals surface area contributed by atoms with Crippen molar-refractivity contribution in [1.29, 1.82) is 0 Å². The zero-order valence-corrected chi connectivity index (χ0v) is 36.7. The molecule has 8 nitrogen and oxygen atoms in total. The second kappa shape index (κ2) is 42.4. The largest absolute Gasteiger partial charge is 0.469 e. The Balaban J connectivity index is 3.99. The van der Waals surface area contributed by atoms with Crippen LogP contribution in [0.4, 0.5) is 0 Å². The van der Waals surface area contributed by atoms with Gasteiger partial charge in [0.15, 0.2) is 6.10 Å². The van der Waals surface area contributed by atoms with Crippen molar-refractivity contribution in [3.63, 3.8) is 0 Å². The molecule has 9 heteroatoms. The van der Waals surface area contributed by atoms with Crippen LogP contribution in [0, 0.1) is 0 Å². The Morgan fingerprint density at radius 2 is 0.839 bits per heavy atom. The van der Waals surface area contributed by atoms with Gasteiger partial charge in [0.2, 0.25) is 0 Å². The van der Waals surface area contributed by atoms with Gasteiger partial charge in [-0.15, -0.1) is 0 Å². The number of hydrogen-bond donors (Lipinski definition) is 2. The summed E-state index contributed by atoms with van der Waals surface area (Å²) in [5, 5.41) is 0. The van der Waals surface area contributed by atoms with Gasteiger partial charge in [-0.05, 0) is 51.4 Å². The summed E-state index contributed by atoms with van der Waals surface area (Å²) >= 11 is 0. The van der Waals surface area contributed by atoms with Gasteiger partial charge < -0.3 is 19.3 Å². The van der Waals surface area contributed by atoms with Gasteiger partial charge in [-0.1, -0.05) is 203 Å². The molecule has 0 amide bonds. The fourth-order valence-corrected chi connectivity index (χ4v) is 6.54. The van der Waals surface area contributed by atoms with Crippen molar-refractivity contribution in [2.75, 3.05) is 13.2 Å². The van der Waals surface area contributed by atoms with Crippen LogP contribution in [0.3, 0.4) is 0 Å². The second-order valence-corrected chi connectivity index (χ2v) is 16.3. The fraction of sp³-hybridized carbons (Fsp3) is 0.745. The van der Waals surface area contributed by atoms with Crippen molar-refractivity contribution < 1.29 is 37.9 Å². The lowest BCUT2D eigenvalue weighted by Gasteiger charge is -2.18. The van der Waals surface area contributed by atoms with Crippen molar-refractivity contribution in [3.8, 4) is 0 Å². The van der Waals surface area contributed by atoms with Gasteiger partial charge in [0.25, 0.3) is 0 Å². The van der Waals surface area contributed by atoms with Gasteiger partial charge in [0.05, 0.1) is 6.61 Å². The van der Waals surface area contributed by atoms with E-state index in [-0.39, 0.29) is 19.4 Å². The third-order valence-electron chi connectivity index (χ3n) is 9.55. The summed E-state index contributed by atoms with van der Waals surface area (Å²) in [5.41, 5.74) is 0. The molecule has 0 aromatic carbocycles. The number of carbonyl (C=O) groups is 2. The van der Waals surface area contributed by atoms with Gasteiger partial charge in [0, 0.05) is 12.8 Å². The quantitative estimate of drug-likeness (QED) is 0.0271. The predicted octanol–water partition coefficient (Wildman–Crippen LogP) is 14.1. The number of ether oxygens (including phenoxy) is 2. The monoisotopic (exact) mass is 807 g/mol. The summed E-state index contributed by atoms with van der Waals surface area (Å²) < 4.78 is 26.4. The first-order valence-electron chi connectivity index (χ1n) is 22.6. The van der Waals surface area contributed by atoms with E-state index >= 15 is 0 Å². The molecule has 0 aliphatic heterocycles. The number of unbranched alkanes of at least 4 members (excludes halogenated alkanes) is 21. The van der Waals surface area contributed by atoms with Crippen LogP contribution in [-0.4, -0.2) is 41.0 Å². The average molecular weight is 807 g/mol. The zero-order chi connectivity index (χ0) is 41.1. The Labute approximate surface area is 343 Å². The van der Waals surface area contributed by atoms with Gasteiger partial charge in [-0.25, -0.2) is 4.57 Å². The molecule has 0 spiro atoms. The number of rotatable bonds is 41. The van der Waals surface area contributed by atoms with E-state index in [1.807, 2.05) is 12.2 Å². The Hall–Kier alpha value is -2.25. The molecule has 0 heterocycles. The predicted molar refractivity (Wildman–Crippen MR) is 234 cm³/mol. The smallest absolute Gasteiger partial charge is 0.462 e. The minimum absolute atomic E-state index is 0.0881. The van der Waals surface area contributed by atoms with Gasteiger partial charge in [-0.3, -0.25) is 14.1 Å². The summed E-state index contributed by atoms with van der Waals surface area (Å²) in [4.78, 5) is 42.9. The normalized spacial score (nSPS) is 13.0. The van der Waals surface area contributed by atoms with Crippen LogP contribution in [0.1, 0.15) is 206 Å². The standard InChI is InChI=1S/C47H83O8P/c1-3-5-7-9-11-13-15-17-19-21-23-25-27-29-31-33-35-37-39-41-46(48)53-43-45(44-54-56(50,51)52)55-47(49)42-40-38-36-34-32-30-28-26-24-22-20-18-16-14-12-10-8-6-4-2/h12,14,18,20,24,26,30,32,36,38,45H,3-11,13,15-17,19,21-23,25,27-29,31,33-35,37,39-44H2,1-2H3,(H2,50,51,52)/b14-12-,20-18-,26-24-,32-30-,38-36-/t45-/m1/s1. The molecule has 0 fully saturated rings. The van der Waals surface area contributed by atoms with Crippen LogP contribution < -0.4 is 0 Å². The van der Waals surface area contributed by atoms with Crippen LogP contribution in [-0.2, 0) is 28.2 Å². The first-order chi connectivity index (χ1) is 27.3. The average Bonchev–Trinajstić information content (AvgIpc) is 3.17. The van der Waals surface area contributed by atoms with Crippen molar-refractivity contribution in [2.45, 2.75) is 213 Å². The van der Waals surface area contributed by atoms with Crippen LogP contribution in [0.2, 0.25) is 0 Å². The Morgan fingerprint density at radius 1 is 0.464 bits per heavy atom. The van der Waals surface area contributed by atoms with Crippen LogP contribution >= 0.6 is 7.82 Å². The molecule has 0 unspecified atom stereocenters. The number of phosphoric ester groups is 1. The molecule has 324 valence electrons. The third-order valence-corrected chi connectivity index (χ3v) is 10.0. The highest BCUT2D eigenvalue weighted by Crippen LogP contribution is 2.36. The van der Waals surface area contributed by atoms with E-state index in [0.29, 0.717) is 12.8 Å². The molecular formula is C47H83O8P. The number of phosphoric acid groups is 1.